The Morgan fingerprint density at radius 3 is 2.56 bits per heavy atom. The van der Waals surface area contributed by atoms with Gasteiger partial charge in [-0.1, -0.05) is 35.9 Å². The summed E-state index contributed by atoms with van der Waals surface area (Å²) < 4.78 is 26.6. The average molecular weight is 355 g/mol. The first-order chi connectivity index (χ1) is 12.0. The van der Waals surface area contributed by atoms with E-state index in [4.69, 9.17) is 0 Å². The van der Waals surface area contributed by atoms with Crippen molar-refractivity contribution < 1.29 is 8.42 Å². The lowest BCUT2D eigenvalue weighted by atomic mass is 10.2. The van der Waals surface area contributed by atoms with Gasteiger partial charge in [0, 0.05) is 30.4 Å². The third-order valence-corrected chi connectivity index (χ3v) is 5.31. The number of fused-ring (bicyclic) bond motifs is 1. The summed E-state index contributed by atoms with van der Waals surface area (Å²) in [6.07, 6.45) is 2.70. The number of benzene rings is 2. The summed E-state index contributed by atoms with van der Waals surface area (Å²) in [5, 5.41) is 5.23. The molecule has 3 aromatic rings. The first-order valence-corrected chi connectivity index (χ1v) is 9.59. The smallest absolute Gasteiger partial charge is 0.276 e. The molecule has 0 radical (unpaired) electrons. The van der Waals surface area contributed by atoms with E-state index in [9.17, 15) is 8.42 Å². The molecule has 5 nitrogen and oxygen atoms in total. The van der Waals surface area contributed by atoms with E-state index in [1.165, 1.54) is 5.39 Å². The number of hydrazone groups is 1. The van der Waals surface area contributed by atoms with Gasteiger partial charge in [0.2, 0.25) is 0 Å². The van der Waals surface area contributed by atoms with Crippen LogP contribution in [0.25, 0.3) is 10.9 Å². The Morgan fingerprint density at radius 1 is 1.08 bits per heavy atom. The highest BCUT2D eigenvalue weighted by molar-refractivity contribution is 7.89. The molecule has 0 aliphatic heterocycles. The fraction of sp³-hybridized carbons (Fsp3) is 0.211. The zero-order valence-corrected chi connectivity index (χ0v) is 15.1. The molecule has 0 unspecified atom stereocenters. The van der Waals surface area contributed by atoms with Gasteiger partial charge in [-0.25, -0.2) is 4.83 Å². The Labute approximate surface area is 148 Å². The van der Waals surface area contributed by atoms with Gasteiger partial charge in [-0.3, -0.25) is 0 Å². The van der Waals surface area contributed by atoms with Crippen molar-refractivity contribution in [2.24, 2.45) is 5.10 Å². The highest BCUT2D eigenvalue weighted by Gasteiger charge is 2.12. The summed E-state index contributed by atoms with van der Waals surface area (Å²) in [6, 6.07) is 16.9. The van der Waals surface area contributed by atoms with Gasteiger partial charge in [-0.05, 0) is 43.5 Å². The predicted octanol–water partition coefficient (Wildman–Crippen LogP) is 3.69. The highest BCUT2D eigenvalue weighted by atomic mass is 32.2. The third-order valence-electron chi connectivity index (χ3n) is 4.08. The second kappa shape index (κ2) is 7.11. The normalized spacial score (nSPS) is 12.5. The number of nitrogens with one attached hydrogen (secondary N) is 1. The van der Waals surface area contributed by atoms with Crippen molar-refractivity contribution in [2.75, 3.05) is 0 Å². The van der Waals surface area contributed by atoms with Crippen molar-refractivity contribution in [3.05, 3.63) is 66.4 Å². The molecule has 0 saturated heterocycles. The maximum atomic E-state index is 12.2. The number of aromatic nitrogens is 1. The van der Waals surface area contributed by atoms with E-state index >= 15 is 0 Å². The molecule has 130 valence electrons. The standard InChI is InChI=1S/C19H21N3O2S/c1-15-7-9-18(10-8-15)25(23,24)21-20-16(2)11-13-22-14-12-17-5-3-4-6-19(17)22/h3-10,12,14,21H,11,13H2,1-2H3/b20-16+. The van der Waals surface area contributed by atoms with Crippen LogP contribution in [0.15, 0.2) is 70.8 Å². The van der Waals surface area contributed by atoms with Crippen LogP contribution < -0.4 is 4.83 Å². The number of hydrogen-bond acceptors (Lipinski definition) is 3. The average Bonchev–Trinajstić information content (AvgIpc) is 3.02. The van der Waals surface area contributed by atoms with Crippen molar-refractivity contribution in [2.45, 2.75) is 31.7 Å². The molecule has 0 fully saturated rings. The van der Waals surface area contributed by atoms with Gasteiger partial charge in [-0.2, -0.15) is 13.5 Å². The molecule has 0 atom stereocenters. The van der Waals surface area contributed by atoms with E-state index in [0.29, 0.717) is 6.42 Å². The minimum absolute atomic E-state index is 0.214. The van der Waals surface area contributed by atoms with E-state index in [0.717, 1.165) is 23.3 Å². The van der Waals surface area contributed by atoms with Crippen LogP contribution in [0.1, 0.15) is 18.9 Å². The predicted molar refractivity (Wildman–Crippen MR) is 101 cm³/mol. The van der Waals surface area contributed by atoms with Crippen LogP contribution in [0.2, 0.25) is 0 Å². The van der Waals surface area contributed by atoms with Crippen LogP contribution in [-0.2, 0) is 16.6 Å². The molecule has 1 heterocycles. The highest BCUT2D eigenvalue weighted by Crippen LogP contribution is 2.15. The van der Waals surface area contributed by atoms with Gasteiger partial charge in [0.25, 0.3) is 10.0 Å². The fourth-order valence-electron chi connectivity index (χ4n) is 2.58. The molecule has 1 aromatic heterocycles. The molecular formula is C19H21N3O2S. The summed E-state index contributed by atoms with van der Waals surface area (Å²) in [4.78, 5) is 2.53. The van der Waals surface area contributed by atoms with Crippen molar-refractivity contribution in [3.8, 4) is 0 Å². The van der Waals surface area contributed by atoms with Gasteiger partial charge < -0.3 is 4.57 Å². The van der Waals surface area contributed by atoms with Crippen molar-refractivity contribution in [1.82, 2.24) is 9.40 Å². The second-order valence-electron chi connectivity index (χ2n) is 6.07. The second-order valence-corrected chi connectivity index (χ2v) is 7.73. The number of nitrogens with zero attached hydrogens (tertiary/aromatic N) is 2. The van der Waals surface area contributed by atoms with Gasteiger partial charge in [0.15, 0.2) is 0 Å². The van der Waals surface area contributed by atoms with Crippen molar-refractivity contribution in [1.29, 1.82) is 0 Å². The zero-order valence-electron chi connectivity index (χ0n) is 14.3. The number of sulfonamides is 1. The number of hydrogen-bond donors (Lipinski definition) is 1. The van der Waals surface area contributed by atoms with E-state index in [2.05, 4.69) is 32.7 Å². The van der Waals surface area contributed by atoms with Crippen molar-refractivity contribution in [3.63, 3.8) is 0 Å². The van der Waals surface area contributed by atoms with Crippen molar-refractivity contribution >= 4 is 26.6 Å². The monoisotopic (exact) mass is 355 g/mol. The first kappa shape index (κ1) is 17.2. The van der Waals surface area contributed by atoms with Gasteiger partial charge >= 0.3 is 0 Å². The van der Waals surface area contributed by atoms with Crippen LogP contribution in [0, 0.1) is 6.92 Å². The molecular weight excluding hydrogens is 334 g/mol. The zero-order chi connectivity index (χ0) is 17.9. The van der Waals surface area contributed by atoms with E-state index in [1.807, 2.05) is 32.2 Å². The van der Waals surface area contributed by atoms with E-state index in [1.54, 1.807) is 24.3 Å². The Hall–Kier alpha value is -2.60. The lowest BCUT2D eigenvalue weighted by Crippen LogP contribution is -2.20. The molecule has 0 amide bonds. The largest absolute Gasteiger partial charge is 0.347 e. The summed E-state index contributed by atoms with van der Waals surface area (Å²) in [5.41, 5.74) is 2.90. The maximum absolute atomic E-state index is 12.2. The Morgan fingerprint density at radius 2 is 1.80 bits per heavy atom. The summed E-state index contributed by atoms with van der Waals surface area (Å²) in [7, 11) is -3.62. The summed E-state index contributed by atoms with van der Waals surface area (Å²) in [6.45, 7) is 4.48. The minimum Gasteiger partial charge on any atom is -0.347 e. The molecule has 0 saturated carbocycles. The Kier molecular flexibility index (Phi) is 4.90. The number of rotatable bonds is 6. The van der Waals surface area contributed by atoms with Crippen LogP contribution >= 0.6 is 0 Å². The lowest BCUT2D eigenvalue weighted by Gasteiger charge is -2.07. The Balaban J connectivity index is 1.65. The lowest BCUT2D eigenvalue weighted by molar-refractivity contribution is 0.584. The maximum Gasteiger partial charge on any atom is 0.276 e. The number of aryl methyl sites for hydroxylation is 2. The van der Waals surface area contributed by atoms with Gasteiger partial charge in [0.1, 0.15) is 0 Å². The topological polar surface area (TPSA) is 63.5 Å². The Bertz CT molecular complexity index is 1000. The third kappa shape index (κ3) is 4.09. The quantitative estimate of drug-likeness (QED) is 0.541. The van der Waals surface area contributed by atoms with Gasteiger partial charge in [0.05, 0.1) is 4.90 Å². The van der Waals surface area contributed by atoms with Crippen LogP contribution in [-0.4, -0.2) is 18.7 Å². The SMILES string of the molecule is C/C(CCn1ccc2ccccc21)=N\NS(=O)(=O)c1ccc(C)cc1. The van der Waals surface area contributed by atoms with Crippen LogP contribution in [0.4, 0.5) is 0 Å². The van der Waals surface area contributed by atoms with Crippen LogP contribution in [0.3, 0.4) is 0 Å². The molecule has 3 rings (SSSR count). The molecule has 0 spiro atoms. The summed E-state index contributed by atoms with van der Waals surface area (Å²) >= 11 is 0. The molecule has 0 bridgehead atoms. The molecule has 6 heteroatoms. The molecule has 1 N–H and O–H groups in total. The van der Waals surface area contributed by atoms with E-state index < -0.39 is 10.0 Å². The van der Waals surface area contributed by atoms with E-state index in [-0.39, 0.29) is 4.90 Å². The molecule has 25 heavy (non-hydrogen) atoms. The van der Waals surface area contributed by atoms with Crippen LogP contribution in [0.5, 0.6) is 0 Å². The molecule has 0 aliphatic rings. The molecule has 2 aromatic carbocycles. The summed E-state index contributed by atoms with van der Waals surface area (Å²) in [5.74, 6) is 0. The number of para-hydroxylation sites is 1. The molecule has 0 aliphatic carbocycles. The fourth-order valence-corrected chi connectivity index (χ4v) is 3.46. The van der Waals surface area contributed by atoms with Gasteiger partial charge in [-0.15, -0.1) is 0 Å². The minimum atomic E-state index is -3.62. The first-order valence-electron chi connectivity index (χ1n) is 8.11.